The van der Waals surface area contributed by atoms with Crippen molar-refractivity contribution in [2.45, 2.75) is 44.5 Å². The molecule has 2 unspecified atom stereocenters. The average molecular weight is 370 g/mol. The Morgan fingerprint density at radius 3 is 2.62 bits per heavy atom. The van der Waals surface area contributed by atoms with Gasteiger partial charge in [0.25, 0.3) is 0 Å². The predicted molar refractivity (Wildman–Crippen MR) is 90.6 cm³/mol. The zero-order valence-corrected chi connectivity index (χ0v) is 14.8. The van der Waals surface area contributed by atoms with Crippen LogP contribution in [0.1, 0.15) is 36.6 Å². The molecule has 0 radical (unpaired) electrons. The summed E-state index contributed by atoms with van der Waals surface area (Å²) in [5, 5.41) is 6.87. The minimum Gasteiger partial charge on any atom is -0.381 e. The van der Waals surface area contributed by atoms with Crippen LogP contribution in [0, 0.1) is 6.92 Å². The maximum absolute atomic E-state index is 13.6. The van der Waals surface area contributed by atoms with Gasteiger partial charge in [0.2, 0.25) is 5.95 Å². The lowest BCUT2D eigenvalue weighted by molar-refractivity contribution is -0.136. The van der Waals surface area contributed by atoms with E-state index in [0.717, 1.165) is 19.3 Å². The molecule has 0 saturated heterocycles. The van der Waals surface area contributed by atoms with Crippen LogP contribution in [0.3, 0.4) is 0 Å². The molecule has 1 saturated carbocycles. The van der Waals surface area contributed by atoms with Gasteiger partial charge in [-0.1, -0.05) is 0 Å². The van der Waals surface area contributed by atoms with E-state index in [-0.39, 0.29) is 29.6 Å². The van der Waals surface area contributed by atoms with Gasteiger partial charge >= 0.3 is 6.18 Å². The third-order valence-electron chi connectivity index (χ3n) is 4.68. The van der Waals surface area contributed by atoms with Crippen molar-refractivity contribution in [3.05, 3.63) is 17.5 Å². The van der Waals surface area contributed by atoms with Gasteiger partial charge in [-0.05, 0) is 26.2 Å². The van der Waals surface area contributed by atoms with Crippen LogP contribution < -0.4 is 11.1 Å². The fourth-order valence-corrected chi connectivity index (χ4v) is 3.40. The lowest BCUT2D eigenvalue weighted by atomic mass is 10.1. The Labute approximate surface area is 148 Å². The Hall–Kier alpha value is -2.36. The van der Waals surface area contributed by atoms with Gasteiger partial charge in [-0.25, -0.2) is 4.98 Å². The van der Waals surface area contributed by atoms with Crippen LogP contribution in [0.5, 0.6) is 0 Å². The number of hydrogen-bond donors (Lipinski definition) is 2. The molecule has 1 fully saturated rings. The van der Waals surface area contributed by atoms with Gasteiger partial charge in [-0.15, -0.1) is 0 Å². The largest absolute Gasteiger partial charge is 0.422 e. The maximum atomic E-state index is 13.6. The van der Waals surface area contributed by atoms with Crippen LogP contribution in [0.25, 0.3) is 11.3 Å². The molecule has 142 valence electrons. The minimum absolute atomic E-state index is 0.0877. The molecular weight excluding hydrogens is 349 g/mol. The number of rotatable bonds is 4. The zero-order chi connectivity index (χ0) is 19.1. The summed E-state index contributed by atoms with van der Waals surface area (Å²) in [7, 11) is 3.02. The molecule has 0 spiro atoms. The van der Waals surface area contributed by atoms with Crippen molar-refractivity contribution in [1.29, 1.82) is 0 Å². The number of nitrogen functional groups attached to an aromatic ring is 1. The molecule has 0 aromatic carbocycles. The van der Waals surface area contributed by atoms with E-state index in [4.69, 9.17) is 10.5 Å². The molecular formula is C16H21F3N6O. The van der Waals surface area contributed by atoms with Crippen molar-refractivity contribution in [3.63, 3.8) is 0 Å². The van der Waals surface area contributed by atoms with E-state index in [1.54, 1.807) is 24.9 Å². The van der Waals surface area contributed by atoms with E-state index in [1.807, 2.05) is 0 Å². The molecule has 10 heteroatoms. The summed E-state index contributed by atoms with van der Waals surface area (Å²) in [6.07, 6.45) is -0.355. The van der Waals surface area contributed by atoms with Crippen molar-refractivity contribution in [2.75, 3.05) is 25.2 Å². The highest BCUT2D eigenvalue weighted by molar-refractivity contribution is 5.72. The van der Waals surface area contributed by atoms with Crippen LogP contribution in [-0.4, -0.2) is 40.0 Å². The lowest BCUT2D eigenvalue weighted by Gasteiger charge is -2.16. The number of nitrogens with one attached hydrogen (secondary N) is 1. The summed E-state index contributed by atoms with van der Waals surface area (Å²) in [5.41, 5.74) is 5.17. The number of nitrogens with zero attached hydrogens (tertiary/aromatic N) is 4. The molecule has 2 atom stereocenters. The summed E-state index contributed by atoms with van der Waals surface area (Å²) in [6, 6.07) is 0.0877. The first-order valence-corrected chi connectivity index (χ1v) is 8.26. The summed E-state index contributed by atoms with van der Waals surface area (Å²) in [6.45, 7) is 1.66. The maximum Gasteiger partial charge on any atom is 0.422 e. The Morgan fingerprint density at radius 1 is 1.31 bits per heavy atom. The third kappa shape index (κ3) is 3.33. The molecule has 1 aliphatic carbocycles. The number of aromatic nitrogens is 4. The summed E-state index contributed by atoms with van der Waals surface area (Å²) < 4.78 is 48.0. The monoisotopic (exact) mass is 370 g/mol. The van der Waals surface area contributed by atoms with Gasteiger partial charge in [-0.3, -0.25) is 4.68 Å². The van der Waals surface area contributed by atoms with E-state index in [1.165, 1.54) is 7.05 Å². The average Bonchev–Trinajstić information content (AvgIpc) is 3.19. The number of alkyl halides is 3. The normalized spacial score (nSPS) is 20.5. The van der Waals surface area contributed by atoms with Gasteiger partial charge in [-0.2, -0.15) is 23.3 Å². The zero-order valence-electron chi connectivity index (χ0n) is 14.8. The first kappa shape index (κ1) is 18.4. The number of anilines is 2. The second kappa shape index (κ2) is 6.75. The molecule has 2 aromatic rings. The second-order valence-corrected chi connectivity index (χ2v) is 6.33. The summed E-state index contributed by atoms with van der Waals surface area (Å²) in [4.78, 5) is 7.55. The Balaban J connectivity index is 2.09. The molecule has 26 heavy (non-hydrogen) atoms. The molecule has 0 amide bonds. The van der Waals surface area contributed by atoms with E-state index in [2.05, 4.69) is 20.4 Å². The molecule has 2 aromatic heterocycles. The number of hydrogen-bond acceptors (Lipinski definition) is 6. The minimum atomic E-state index is -4.63. The van der Waals surface area contributed by atoms with Gasteiger partial charge in [0, 0.05) is 25.9 Å². The standard InChI is InChI=1S/C16H21F3N6O/c1-8-11(7-25(24-8)9-4-5-10(6-9)26-3)13-12(16(17,18)19)14(21-2)23-15(20)22-13/h7,9-10H,4-6H2,1-3H3,(H3,20,21,22,23). The highest BCUT2D eigenvalue weighted by atomic mass is 19.4. The van der Waals surface area contributed by atoms with E-state index >= 15 is 0 Å². The van der Waals surface area contributed by atoms with Crippen LogP contribution in [0.4, 0.5) is 24.9 Å². The Morgan fingerprint density at radius 2 is 2.04 bits per heavy atom. The smallest absolute Gasteiger partial charge is 0.381 e. The van der Waals surface area contributed by atoms with Crippen LogP contribution in [0.2, 0.25) is 0 Å². The number of ether oxygens (including phenoxy) is 1. The summed E-state index contributed by atoms with van der Waals surface area (Å²) >= 11 is 0. The topological polar surface area (TPSA) is 90.9 Å². The van der Waals surface area contributed by atoms with Gasteiger partial charge in [0.1, 0.15) is 11.4 Å². The second-order valence-electron chi connectivity index (χ2n) is 6.33. The molecule has 3 N–H and O–H groups in total. The first-order chi connectivity index (χ1) is 12.2. The quantitative estimate of drug-likeness (QED) is 0.860. The number of aryl methyl sites for hydroxylation is 1. The van der Waals surface area contributed by atoms with E-state index in [9.17, 15) is 13.2 Å². The van der Waals surface area contributed by atoms with Gasteiger partial charge in [0.15, 0.2) is 0 Å². The highest BCUT2D eigenvalue weighted by Crippen LogP contribution is 2.41. The van der Waals surface area contributed by atoms with E-state index < -0.39 is 11.7 Å². The fourth-order valence-electron chi connectivity index (χ4n) is 3.40. The molecule has 1 aliphatic rings. The van der Waals surface area contributed by atoms with Gasteiger partial charge in [0.05, 0.1) is 23.5 Å². The number of methoxy groups -OCH3 is 1. The predicted octanol–water partition coefficient (Wildman–Crippen LogP) is 3.03. The van der Waals surface area contributed by atoms with Crippen molar-refractivity contribution < 1.29 is 17.9 Å². The molecule has 0 aliphatic heterocycles. The molecule has 3 rings (SSSR count). The lowest BCUT2D eigenvalue weighted by Crippen LogP contribution is -2.15. The van der Waals surface area contributed by atoms with Crippen molar-refractivity contribution in [3.8, 4) is 11.3 Å². The third-order valence-corrected chi connectivity index (χ3v) is 4.68. The van der Waals surface area contributed by atoms with Crippen LogP contribution in [-0.2, 0) is 10.9 Å². The van der Waals surface area contributed by atoms with Crippen molar-refractivity contribution in [1.82, 2.24) is 19.7 Å². The first-order valence-electron chi connectivity index (χ1n) is 8.26. The molecule has 7 nitrogen and oxygen atoms in total. The fraction of sp³-hybridized carbons (Fsp3) is 0.562. The van der Waals surface area contributed by atoms with Crippen LogP contribution in [0.15, 0.2) is 6.20 Å². The Bertz CT molecular complexity index is 804. The SMILES string of the molecule is CNc1nc(N)nc(-c2cn(C3CCC(OC)C3)nc2C)c1C(F)(F)F. The van der Waals surface area contributed by atoms with Crippen LogP contribution >= 0.6 is 0 Å². The highest BCUT2D eigenvalue weighted by Gasteiger charge is 2.40. The summed E-state index contributed by atoms with van der Waals surface area (Å²) in [5.74, 6) is -0.586. The van der Waals surface area contributed by atoms with Crippen molar-refractivity contribution in [2.24, 2.45) is 0 Å². The number of nitrogens with two attached hydrogens (primary N) is 1. The molecule has 0 bridgehead atoms. The number of halogens is 3. The van der Waals surface area contributed by atoms with Crippen molar-refractivity contribution >= 4 is 11.8 Å². The van der Waals surface area contributed by atoms with Gasteiger partial charge < -0.3 is 15.8 Å². The molecule has 2 heterocycles. The Kier molecular flexibility index (Phi) is 4.78. The van der Waals surface area contributed by atoms with E-state index in [0.29, 0.717) is 11.3 Å².